The largest absolute Gasteiger partial charge is 0.361 e. The number of halogens is 2. The van der Waals surface area contributed by atoms with Crippen molar-refractivity contribution in [3.05, 3.63) is 52.5 Å². The van der Waals surface area contributed by atoms with Gasteiger partial charge >= 0.3 is 0 Å². The molecule has 0 radical (unpaired) electrons. The van der Waals surface area contributed by atoms with E-state index >= 15 is 0 Å². The van der Waals surface area contributed by atoms with E-state index in [1.807, 2.05) is 22.8 Å². The normalized spacial score (nSPS) is 11.7. The number of nitrogens with zero attached hydrogens (tertiary/aromatic N) is 3. The highest BCUT2D eigenvalue weighted by Crippen LogP contribution is 2.39. The monoisotopic (exact) mass is 445 g/mol. The van der Waals surface area contributed by atoms with Crippen LogP contribution in [0.15, 0.2) is 41.1 Å². The highest BCUT2D eigenvalue weighted by molar-refractivity contribution is 9.10. The maximum Gasteiger partial charge on any atom is 0.143 e. The minimum absolute atomic E-state index is 0.314. The minimum atomic E-state index is -1.18. The first-order valence-corrected chi connectivity index (χ1v) is 13.2. The van der Waals surface area contributed by atoms with Crippen molar-refractivity contribution in [2.75, 3.05) is 6.61 Å². The number of rotatable bonds is 6. The zero-order valence-corrected chi connectivity index (χ0v) is 18.2. The van der Waals surface area contributed by atoms with E-state index < -0.39 is 13.9 Å². The summed E-state index contributed by atoms with van der Waals surface area (Å²) in [6.45, 7) is 7.90. The Morgan fingerprint density at radius 1 is 1.30 bits per heavy atom. The maximum atomic E-state index is 13.9. The van der Waals surface area contributed by atoms with Crippen molar-refractivity contribution in [2.24, 2.45) is 0 Å². The number of benzene rings is 1. The number of aromatic nitrogens is 2. The van der Waals surface area contributed by atoms with Gasteiger partial charge in [-0.15, -0.1) is 0 Å². The molecule has 7 heteroatoms. The number of fused-ring (bicyclic) bond motifs is 1. The Bertz CT molecular complexity index is 1020. The quantitative estimate of drug-likeness (QED) is 0.356. The lowest BCUT2D eigenvalue weighted by Gasteiger charge is -2.16. The van der Waals surface area contributed by atoms with Crippen LogP contribution in [0.3, 0.4) is 0 Å². The summed E-state index contributed by atoms with van der Waals surface area (Å²) in [5, 5.41) is 10.1. The molecular formula is C20H21BrFN3OSi. The van der Waals surface area contributed by atoms with Gasteiger partial charge in [0.1, 0.15) is 18.2 Å². The molecule has 0 saturated carbocycles. The summed E-state index contributed by atoms with van der Waals surface area (Å²) in [5.41, 5.74) is 2.65. The number of hydrogen-bond donors (Lipinski definition) is 0. The van der Waals surface area contributed by atoms with Crippen LogP contribution in [0.4, 0.5) is 4.39 Å². The molecule has 27 heavy (non-hydrogen) atoms. The van der Waals surface area contributed by atoms with E-state index in [2.05, 4.69) is 46.6 Å². The molecule has 0 aliphatic carbocycles. The average Bonchev–Trinajstić information content (AvgIpc) is 2.88. The zero-order valence-electron chi connectivity index (χ0n) is 15.6. The minimum Gasteiger partial charge on any atom is -0.361 e. The number of nitriles is 1. The molecule has 2 aromatic heterocycles. The van der Waals surface area contributed by atoms with Crippen LogP contribution in [0.2, 0.25) is 25.7 Å². The molecule has 0 atom stereocenters. The molecule has 0 aliphatic rings. The van der Waals surface area contributed by atoms with Crippen LogP contribution in [-0.4, -0.2) is 24.2 Å². The van der Waals surface area contributed by atoms with E-state index in [1.165, 1.54) is 12.3 Å². The molecule has 0 fully saturated rings. The Balaban J connectivity index is 2.06. The Kier molecular flexibility index (Phi) is 5.80. The van der Waals surface area contributed by atoms with Gasteiger partial charge < -0.3 is 4.74 Å². The van der Waals surface area contributed by atoms with E-state index in [0.29, 0.717) is 29.9 Å². The second-order valence-corrected chi connectivity index (χ2v) is 14.0. The molecule has 1 aromatic carbocycles. The van der Waals surface area contributed by atoms with E-state index in [1.54, 1.807) is 6.07 Å². The van der Waals surface area contributed by atoms with Crippen molar-refractivity contribution < 1.29 is 9.13 Å². The second-order valence-electron chi connectivity index (χ2n) is 7.62. The van der Waals surface area contributed by atoms with Crippen LogP contribution in [0, 0.1) is 17.1 Å². The summed E-state index contributed by atoms with van der Waals surface area (Å²) in [6, 6.07) is 12.0. The number of ether oxygens (including phenoxy) is 1. The van der Waals surface area contributed by atoms with Crippen LogP contribution in [0.5, 0.6) is 0 Å². The summed E-state index contributed by atoms with van der Waals surface area (Å²) in [5.74, 6) is -0.414. The van der Waals surface area contributed by atoms with Gasteiger partial charge in [-0.05, 0) is 34.1 Å². The van der Waals surface area contributed by atoms with Crippen molar-refractivity contribution in [3.8, 4) is 17.2 Å². The van der Waals surface area contributed by atoms with E-state index in [-0.39, 0.29) is 0 Å². The highest BCUT2D eigenvalue weighted by Gasteiger charge is 2.21. The molecule has 0 bridgehead atoms. The van der Waals surface area contributed by atoms with Crippen LogP contribution in [-0.2, 0) is 11.5 Å². The average molecular weight is 446 g/mol. The molecule has 2 heterocycles. The molecule has 0 unspecified atom stereocenters. The summed E-state index contributed by atoms with van der Waals surface area (Å²) < 4.78 is 22.4. The molecule has 3 rings (SSSR count). The first kappa shape index (κ1) is 19.7. The Labute approximate surface area is 167 Å². The molecule has 0 amide bonds. The first-order chi connectivity index (χ1) is 12.8. The van der Waals surface area contributed by atoms with Crippen LogP contribution in [0.1, 0.15) is 5.56 Å². The van der Waals surface area contributed by atoms with Gasteiger partial charge in [0, 0.05) is 31.2 Å². The van der Waals surface area contributed by atoms with Gasteiger partial charge in [0.05, 0.1) is 22.4 Å². The predicted molar refractivity (Wildman–Crippen MR) is 112 cm³/mol. The van der Waals surface area contributed by atoms with E-state index in [0.717, 1.165) is 21.8 Å². The first-order valence-electron chi connectivity index (χ1n) is 8.72. The summed E-state index contributed by atoms with van der Waals surface area (Å²) in [6.07, 6.45) is 1.20. The molecule has 140 valence electrons. The van der Waals surface area contributed by atoms with Gasteiger partial charge in [-0.3, -0.25) is 4.57 Å². The number of hydrogen-bond acceptors (Lipinski definition) is 3. The highest BCUT2D eigenvalue weighted by atomic mass is 79.9. The third-order valence-corrected chi connectivity index (χ3v) is 6.86. The van der Waals surface area contributed by atoms with Gasteiger partial charge in [0.25, 0.3) is 0 Å². The Morgan fingerprint density at radius 3 is 2.74 bits per heavy atom. The van der Waals surface area contributed by atoms with Crippen LogP contribution in [0.25, 0.3) is 22.2 Å². The van der Waals surface area contributed by atoms with Crippen molar-refractivity contribution in [3.63, 3.8) is 0 Å². The van der Waals surface area contributed by atoms with E-state index in [9.17, 15) is 9.65 Å². The van der Waals surface area contributed by atoms with Gasteiger partial charge in [-0.2, -0.15) is 5.26 Å². The molecule has 0 spiro atoms. The van der Waals surface area contributed by atoms with Crippen molar-refractivity contribution in [1.29, 1.82) is 5.26 Å². The maximum absolute atomic E-state index is 13.9. The molecule has 0 saturated heterocycles. The predicted octanol–water partition coefficient (Wildman–Crippen LogP) is 5.79. The third-order valence-electron chi connectivity index (χ3n) is 4.34. The second kappa shape index (κ2) is 7.93. The smallest absolute Gasteiger partial charge is 0.143 e. The lowest BCUT2D eigenvalue weighted by Crippen LogP contribution is -2.22. The van der Waals surface area contributed by atoms with Gasteiger partial charge in [0.2, 0.25) is 0 Å². The number of pyridine rings is 1. The molecule has 0 aliphatic heterocycles. The van der Waals surface area contributed by atoms with Gasteiger partial charge in [0.15, 0.2) is 0 Å². The standard InChI is InChI=1S/C20H21BrFN3OSi/c1-27(2,3)9-8-26-13-25-19(21)18(16-7-5-4-6-14(16)11-23)17-10-15(22)12-24-20(17)25/h4-7,10,12H,8-9,13H2,1-3H3. The lowest BCUT2D eigenvalue weighted by atomic mass is 10.0. The molecule has 4 nitrogen and oxygen atoms in total. The van der Waals surface area contributed by atoms with Gasteiger partial charge in [-0.1, -0.05) is 37.8 Å². The van der Waals surface area contributed by atoms with Crippen LogP contribution >= 0.6 is 15.9 Å². The Morgan fingerprint density at radius 2 is 2.04 bits per heavy atom. The summed E-state index contributed by atoms with van der Waals surface area (Å²) in [4.78, 5) is 4.27. The lowest BCUT2D eigenvalue weighted by molar-refractivity contribution is 0.0886. The molecular weight excluding hydrogens is 425 g/mol. The fourth-order valence-corrected chi connectivity index (χ4v) is 4.33. The van der Waals surface area contributed by atoms with E-state index in [4.69, 9.17) is 4.74 Å². The van der Waals surface area contributed by atoms with Crippen molar-refractivity contribution >= 4 is 35.0 Å². The topological polar surface area (TPSA) is 50.8 Å². The van der Waals surface area contributed by atoms with Crippen molar-refractivity contribution in [1.82, 2.24) is 9.55 Å². The SMILES string of the molecule is C[Si](C)(C)CCOCn1c(Br)c(-c2ccccc2C#N)c2cc(F)cnc21. The summed E-state index contributed by atoms with van der Waals surface area (Å²) >= 11 is 3.63. The molecule has 0 N–H and O–H groups in total. The zero-order chi connectivity index (χ0) is 19.6. The molecule has 3 aromatic rings. The fraction of sp³-hybridized carbons (Fsp3) is 0.300. The van der Waals surface area contributed by atoms with Crippen LogP contribution < -0.4 is 0 Å². The Hall–Kier alpha value is -2.01. The fourth-order valence-electron chi connectivity index (χ4n) is 2.88. The van der Waals surface area contributed by atoms with Crippen molar-refractivity contribution in [2.45, 2.75) is 32.4 Å². The van der Waals surface area contributed by atoms with Gasteiger partial charge in [-0.25, -0.2) is 9.37 Å². The summed E-state index contributed by atoms with van der Waals surface area (Å²) in [7, 11) is -1.18. The third kappa shape index (κ3) is 4.29.